The van der Waals surface area contributed by atoms with E-state index in [0.717, 1.165) is 36.1 Å². The van der Waals surface area contributed by atoms with Gasteiger partial charge in [0.2, 0.25) is 5.90 Å². The van der Waals surface area contributed by atoms with Crippen molar-refractivity contribution in [2.75, 3.05) is 21.2 Å². The zero-order valence-corrected chi connectivity index (χ0v) is 19.2. The lowest BCUT2D eigenvalue weighted by atomic mass is 10.0. The van der Waals surface area contributed by atoms with Crippen LogP contribution in [0.5, 0.6) is 0 Å². The van der Waals surface area contributed by atoms with E-state index in [-0.39, 0.29) is 18.6 Å². The Labute approximate surface area is 189 Å². The van der Waals surface area contributed by atoms with Crippen molar-refractivity contribution in [3.05, 3.63) is 71.7 Å². The van der Waals surface area contributed by atoms with Gasteiger partial charge in [-0.3, -0.25) is 4.98 Å². The van der Waals surface area contributed by atoms with Gasteiger partial charge in [-0.15, -0.1) is 0 Å². The van der Waals surface area contributed by atoms with Crippen LogP contribution >= 0.6 is 0 Å². The van der Waals surface area contributed by atoms with Crippen LogP contribution in [0.4, 0.5) is 0 Å². The molecule has 1 atom stereocenters. The zero-order chi connectivity index (χ0) is 22.9. The maximum Gasteiger partial charge on any atom is 0.339 e. The Kier molecular flexibility index (Phi) is 8.25. The van der Waals surface area contributed by atoms with E-state index in [1.165, 1.54) is 7.11 Å². The van der Waals surface area contributed by atoms with Crippen LogP contribution < -0.4 is 0 Å². The van der Waals surface area contributed by atoms with Crippen LogP contribution in [-0.2, 0) is 25.7 Å². The van der Waals surface area contributed by atoms with Crippen molar-refractivity contribution in [2.24, 2.45) is 11.1 Å². The molecule has 1 aromatic heterocycles. The van der Waals surface area contributed by atoms with Crippen molar-refractivity contribution in [1.29, 1.82) is 0 Å². The molecule has 0 N–H and O–H groups in total. The Hall–Kier alpha value is -3.35. The van der Waals surface area contributed by atoms with Gasteiger partial charge in [0.15, 0.2) is 6.10 Å². The molecular formula is C25H31N3O4. The average molecular weight is 438 g/mol. The van der Waals surface area contributed by atoms with E-state index >= 15 is 0 Å². The van der Waals surface area contributed by atoms with Crippen molar-refractivity contribution in [3.8, 4) is 0 Å². The van der Waals surface area contributed by atoms with Gasteiger partial charge in [0.25, 0.3) is 0 Å². The first-order chi connectivity index (χ1) is 15.5. The number of pyridine rings is 1. The quantitative estimate of drug-likeness (QED) is 0.178. The van der Waals surface area contributed by atoms with Crippen LogP contribution in [0.15, 0.2) is 60.0 Å². The van der Waals surface area contributed by atoms with Gasteiger partial charge >= 0.3 is 5.97 Å². The lowest BCUT2D eigenvalue weighted by Crippen LogP contribution is -2.14. The Morgan fingerprint density at radius 3 is 2.59 bits per heavy atom. The van der Waals surface area contributed by atoms with E-state index in [9.17, 15) is 4.79 Å². The molecule has 1 aliphatic carbocycles. The number of carbonyl (C=O) groups is 1. The maximum absolute atomic E-state index is 12.4. The molecule has 2 aromatic rings. The number of oxime groups is 1. The third-order valence-corrected chi connectivity index (χ3v) is 5.06. The van der Waals surface area contributed by atoms with Crippen LogP contribution in [0.3, 0.4) is 0 Å². The van der Waals surface area contributed by atoms with Crippen LogP contribution in [0.2, 0.25) is 0 Å². The first-order valence-electron chi connectivity index (χ1n) is 10.9. The number of nitrogens with zero attached hydrogens (tertiary/aromatic N) is 3. The molecule has 1 saturated carbocycles. The first kappa shape index (κ1) is 23.3. The van der Waals surface area contributed by atoms with Crippen molar-refractivity contribution in [3.63, 3.8) is 0 Å². The lowest BCUT2D eigenvalue weighted by molar-refractivity contribution is -0.133. The minimum Gasteiger partial charge on any atom is -0.474 e. The molecule has 0 amide bonds. The van der Waals surface area contributed by atoms with E-state index in [1.807, 2.05) is 68.4 Å². The fourth-order valence-corrected chi connectivity index (χ4v) is 3.23. The highest BCUT2D eigenvalue weighted by atomic mass is 16.7. The predicted molar refractivity (Wildman–Crippen MR) is 123 cm³/mol. The number of benzene rings is 1. The van der Waals surface area contributed by atoms with Gasteiger partial charge in [-0.05, 0) is 42.5 Å². The molecule has 0 radical (unpaired) electrons. The number of methoxy groups -OCH3 is 1. The third kappa shape index (κ3) is 6.33. The Morgan fingerprint density at radius 1 is 1.22 bits per heavy atom. The smallest absolute Gasteiger partial charge is 0.339 e. The lowest BCUT2D eigenvalue weighted by Gasteiger charge is -2.16. The number of aromatic nitrogens is 1. The number of rotatable bonds is 10. The van der Waals surface area contributed by atoms with Crippen molar-refractivity contribution in [1.82, 2.24) is 9.88 Å². The van der Waals surface area contributed by atoms with Crippen LogP contribution in [0, 0.1) is 5.92 Å². The summed E-state index contributed by atoms with van der Waals surface area (Å²) in [6.07, 6.45) is 6.08. The molecule has 0 saturated heterocycles. The molecular weight excluding hydrogens is 406 g/mol. The number of hydrogen-bond acceptors (Lipinski definition) is 7. The molecule has 0 aliphatic heterocycles. The summed E-state index contributed by atoms with van der Waals surface area (Å²) >= 11 is 0. The molecule has 1 heterocycles. The monoisotopic (exact) mass is 437 g/mol. The highest BCUT2D eigenvalue weighted by Gasteiger charge is 2.31. The number of carbonyl (C=O) groups excluding carboxylic acids is 1. The molecule has 32 heavy (non-hydrogen) atoms. The molecule has 3 rings (SSSR count). The molecule has 0 bridgehead atoms. The predicted octanol–water partition coefficient (Wildman–Crippen LogP) is 4.57. The normalized spacial score (nSPS) is 15.1. The summed E-state index contributed by atoms with van der Waals surface area (Å²) in [6.45, 7) is 2.31. The van der Waals surface area contributed by atoms with E-state index < -0.39 is 5.97 Å². The molecule has 1 unspecified atom stereocenters. The van der Waals surface area contributed by atoms with Crippen LogP contribution in [0.1, 0.15) is 49.1 Å². The summed E-state index contributed by atoms with van der Waals surface area (Å²) < 4.78 is 11.1. The second-order valence-corrected chi connectivity index (χ2v) is 7.90. The second kappa shape index (κ2) is 11.3. The highest BCUT2D eigenvalue weighted by molar-refractivity contribution is 6.16. The fraction of sp³-hybridized carbons (Fsp3) is 0.400. The minimum absolute atomic E-state index is 0.227. The summed E-state index contributed by atoms with van der Waals surface area (Å²) in [7, 11) is 5.11. The van der Waals surface area contributed by atoms with Gasteiger partial charge in [0.1, 0.15) is 6.61 Å². The summed E-state index contributed by atoms with van der Waals surface area (Å²) in [5, 5.41) is 4.36. The first-order valence-corrected chi connectivity index (χ1v) is 10.9. The molecule has 1 fully saturated rings. The second-order valence-electron chi connectivity index (χ2n) is 7.90. The number of hydrogen-bond donors (Lipinski definition) is 0. The van der Waals surface area contributed by atoms with E-state index in [2.05, 4.69) is 10.1 Å². The highest BCUT2D eigenvalue weighted by Crippen LogP contribution is 2.33. The van der Waals surface area contributed by atoms with Crippen molar-refractivity contribution < 1.29 is 19.1 Å². The number of esters is 1. The van der Waals surface area contributed by atoms with E-state index in [1.54, 1.807) is 12.4 Å². The van der Waals surface area contributed by atoms with Crippen molar-refractivity contribution >= 4 is 17.4 Å². The summed E-state index contributed by atoms with van der Waals surface area (Å²) in [5.41, 5.74) is 2.95. The van der Waals surface area contributed by atoms with Gasteiger partial charge in [-0.1, -0.05) is 42.4 Å². The maximum atomic E-state index is 12.4. The van der Waals surface area contributed by atoms with Crippen LogP contribution in [0.25, 0.3) is 5.57 Å². The van der Waals surface area contributed by atoms with Crippen LogP contribution in [-0.4, -0.2) is 43.0 Å². The molecule has 1 aromatic carbocycles. The Bertz CT molecular complexity index is 953. The average Bonchev–Trinajstić information content (AvgIpc) is 3.65. The van der Waals surface area contributed by atoms with Gasteiger partial charge in [-0.2, -0.15) is 0 Å². The largest absolute Gasteiger partial charge is 0.474 e. The van der Waals surface area contributed by atoms with E-state index in [4.69, 9.17) is 14.3 Å². The van der Waals surface area contributed by atoms with Gasteiger partial charge < -0.3 is 19.2 Å². The summed E-state index contributed by atoms with van der Waals surface area (Å²) in [6, 6.07) is 13.4. The Balaban J connectivity index is 1.77. The van der Waals surface area contributed by atoms with Gasteiger partial charge in [-0.25, -0.2) is 4.79 Å². The van der Waals surface area contributed by atoms with Gasteiger partial charge in [0.05, 0.1) is 18.4 Å². The standard InChI is InChI=1S/C25H31N3O4/c1-5-23(22-12-8-9-15-26-22)32-27-24(18-13-14-18)31-17-19-10-6-7-11-20(19)21(16-28(2)3)25(29)30-4/h6-12,15-16,18,23H,5,13-14,17H2,1-4H3/b21-16-,27-24+. The zero-order valence-electron chi connectivity index (χ0n) is 19.2. The molecule has 170 valence electrons. The summed E-state index contributed by atoms with van der Waals surface area (Å²) in [5.74, 6) is 0.456. The van der Waals surface area contributed by atoms with E-state index in [0.29, 0.717) is 11.5 Å². The SMILES string of the molecule is CCC(O/N=C(/OCc1ccccc1/C(=C/N(C)C)C(=O)OC)C1CC1)c1ccccn1. The van der Waals surface area contributed by atoms with Gasteiger partial charge in [0, 0.05) is 32.4 Å². The third-order valence-electron chi connectivity index (χ3n) is 5.06. The molecule has 0 spiro atoms. The summed E-state index contributed by atoms with van der Waals surface area (Å²) in [4.78, 5) is 24.4. The molecule has 1 aliphatic rings. The van der Waals surface area contributed by atoms with Crippen molar-refractivity contribution in [2.45, 2.75) is 38.9 Å². The topological polar surface area (TPSA) is 73.2 Å². The number of ether oxygens (including phenoxy) is 2. The Morgan fingerprint density at radius 2 is 1.97 bits per heavy atom. The molecule has 7 nitrogen and oxygen atoms in total. The fourth-order valence-electron chi connectivity index (χ4n) is 3.23. The minimum atomic E-state index is -0.397. The molecule has 7 heteroatoms.